The predicted molar refractivity (Wildman–Crippen MR) is 98.2 cm³/mol. The Bertz CT molecular complexity index is 942. The molecule has 2 atom stereocenters. The Morgan fingerprint density at radius 3 is 2.48 bits per heavy atom. The molecule has 0 radical (unpaired) electrons. The number of para-hydroxylation sites is 1. The van der Waals surface area contributed by atoms with Gasteiger partial charge in [-0.1, -0.05) is 18.2 Å². The Balaban J connectivity index is 2.35. The lowest BCUT2D eigenvalue weighted by Crippen LogP contribution is -2.40. The van der Waals surface area contributed by atoms with Crippen molar-refractivity contribution in [2.75, 3.05) is 14.2 Å². The van der Waals surface area contributed by atoms with E-state index < -0.39 is 5.41 Å². The number of rotatable bonds is 3. The van der Waals surface area contributed by atoms with Gasteiger partial charge in [0.05, 0.1) is 43.7 Å². The lowest BCUT2D eigenvalue weighted by molar-refractivity contribution is 0.339. The van der Waals surface area contributed by atoms with Gasteiger partial charge in [0, 0.05) is 11.5 Å². The highest BCUT2D eigenvalue weighted by Crippen LogP contribution is 2.56. The van der Waals surface area contributed by atoms with Crippen LogP contribution in [0, 0.1) is 45.3 Å². The van der Waals surface area contributed by atoms with E-state index in [1.807, 2.05) is 18.2 Å². The van der Waals surface area contributed by atoms with Crippen LogP contribution in [0.1, 0.15) is 30.7 Å². The second-order valence-corrected chi connectivity index (χ2v) is 6.67. The topological polar surface area (TPSA) is 116 Å². The number of hydrogen-bond donors (Lipinski definition) is 1. The van der Waals surface area contributed by atoms with E-state index in [2.05, 4.69) is 18.2 Å². The van der Waals surface area contributed by atoms with Crippen LogP contribution < -0.4 is 15.2 Å². The van der Waals surface area contributed by atoms with Crippen LogP contribution in [0.3, 0.4) is 0 Å². The number of allylic oxidation sites excluding steroid dienone is 3. The first-order valence-corrected chi connectivity index (χ1v) is 8.73. The Hall–Kier alpha value is -3.43. The maximum atomic E-state index is 9.90. The molecule has 0 fully saturated rings. The summed E-state index contributed by atoms with van der Waals surface area (Å²) in [5.41, 5.74) is 6.46. The van der Waals surface area contributed by atoms with Crippen molar-refractivity contribution in [2.24, 2.45) is 17.1 Å². The van der Waals surface area contributed by atoms with Gasteiger partial charge < -0.3 is 15.2 Å². The van der Waals surface area contributed by atoms with Crippen LogP contribution in [0.5, 0.6) is 11.5 Å². The molecule has 6 heteroatoms. The first-order chi connectivity index (χ1) is 13.1. The van der Waals surface area contributed by atoms with Crippen molar-refractivity contribution in [3.63, 3.8) is 0 Å². The molecule has 0 unspecified atom stereocenters. The number of benzene rings is 1. The highest BCUT2D eigenvalue weighted by atomic mass is 16.5. The van der Waals surface area contributed by atoms with Crippen molar-refractivity contribution in [3.8, 4) is 29.7 Å². The number of ether oxygens (including phenoxy) is 2. The molecule has 0 amide bonds. The zero-order valence-corrected chi connectivity index (χ0v) is 15.3. The molecule has 0 saturated heterocycles. The number of nitrogens with two attached hydrogens (primary N) is 1. The fraction of sp³-hybridized carbons (Fsp3) is 0.381. The maximum Gasteiger partial charge on any atom is 0.204 e. The molecule has 6 nitrogen and oxygen atoms in total. The average molecular weight is 360 g/mol. The SMILES string of the molecule is COc1cccc([C@@H]2C(C#N)=C(N)C(C#N)(C#N)C3=CCCC[C@@H]32)c1OC. The Morgan fingerprint density at radius 1 is 1.15 bits per heavy atom. The standard InChI is InChI=1S/C21H20N4O2/c1-26-17-9-5-7-14(19(17)27-2)18-13-6-3-4-8-16(13)21(11-23,12-24)20(25)15(18)10-22/h5,7-9,13,18H,3-4,6,25H2,1-2H3/t13-,18+/m0/s1. The van der Waals surface area contributed by atoms with Gasteiger partial charge >= 0.3 is 0 Å². The third-order valence-electron chi connectivity index (χ3n) is 5.55. The van der Waals surface area contributed by atoms with Gasteiger partial charge in [0.25, 0.3) is 0 Å². The fourth-order valence-corrected chi connectivity index (χ4v) is 4.34. The molecule has 0 aromatic heterocycles. The largest absolute Gasteiger partial charge is 0.493 e. The third-order valence-corrected chi connectivity index (χ3v) is 5.55. The highest BCUT2D eigenvalue weighted by molar-refractivity contribution is 5.61. The molecule has 27 heavy (non-hydrogen) atoms. The van der Waals surface area contributed by atoms with Gasteiger partial charge in [-0.3, -0.25) is 0 Å². The van der Waals surface area contributed by atoms with E-state index in [1.165, 1.54) is 0 Å². The molecule has 0 aliphatic heterocycles. The molecule has 0 heterocycles. The Kier molecular flexibility index (Phi) is 4.80. The second-order valence-electron chi connectivity index (χ2n) is 6.67. The van der Waals surface area contributed by atoms with Crippen LogP contribution in [-0.2, 0) is 0 Å². The van der Waals surface area contributed by atoms with Crippen molar-refractivity contribution >= 4 is 0 Å². The Morgan fingerprint density at radius 2 is 1.89 bits per heavy atom. The van der Waals surface area contributed by atoms with Crippen molar-refractivity contribution in [2.45, 2.75) is 25.2 Å². The molecule has 1 aromatic rings. The van der Waals surface area contributed by atoms with Crippen LogP contribution in [-0.4, -0.2) is 14.2 Å². The summed E-state index contributed by atoms with van der Waals surface area (Å²) in [4.78, 5) is 0. The third kappa shape index (κ3) is 2.52. The van der Waals surface area contributed by atoms with Gasteiger partial charge in [-0.2, -0.15) is 15.8 Å². The molecule has 2 aliphatic carbocycles. The van der Waals surface area contributed by atoms with Gasteiger partial charge in [-0.25, -0.2) is 0 Å². The molecule has 0 spiro atoms. The number of nitriles is 3. The number of hydrogen-bond acceptors (Lipinski definition) is 6. The number of fused-ring (bicyclic) bond motifs is 1. The first kappa shape index (κ1) is 18.4. The van der Waals surface area contributed by atoms with Crippen LogP contribution in [0.2, 0.25) is 0 Å². The molecule has 0 saturated carbocycles. The van der Waals surface area contributed by atoms with Gasteiger partial charge in [0.1, 0.15) is 0 Å². The summed E-state index contributed by atoms with van der Waals surface area (Å²) in [6, 6.07) is 11.9. The van der Waals surface area contributed by atoms with Gasteiger partial charge in [-0.05, 0) is 36.8 Å². The summed E-state index contributed by atoms with van der Waals surface area (Å²) in [7, 11) is 3.11. The van der Waals surface area contributed by atoms with E-state index in [-0.39, 0.29) is 23.1 Å². The van der Waals surface area contributed by atoms with E-state index in [0.29, 0.717) is 17.1 Å². The predicted octanol–water partition coefficient (Wildman–Crippen LogP) is 3.30. The summed E-state index contributed by atoms with van der Waals surface area (Å²) < 4.78 is 11.0. The molecule has 136 valence electrons. The zero-order valence-electron chi connectivity index (χ0n) is 15.3. The molecular weight excluding hydrogens is 340 g/mol. The molecule has 3 rings (SSSR count). The average Bonchev–Trinajstić information content (AvgIpc) is 2.72. The van der Waals surface area contributed by atoms with Crippen molar-refractivity contribution < 1.29 is 9.47 Å². The van der Waals surface area contributed by atoms with Crippen molar-refractivity contribution in [1.29, 1.82) is 15.8 Å². The fourth-order valence-electron chi connectivity index (χ4n) is 4.34. The lowest BCUT2D eigenvalue weighted by atomic mass is 9.58. The lowest BCUT2D eigenvalue weighted by Gasteiger charge is -2.42. The van der Waals surface area contributed by atoms with E-state index in [1.54, 1.807) is 20.3 Å². The monoisotopic (exact) mass is 360 g/mol. The quantitative estimate of drug-likeness (QED) is 0.827. The van der Waals surface area contributed by atoms with Crippen molar-refractivity contribution in [1.82, 2.24) is 0 Å². The van der Waals surface area contributed by atoms with E-state index in [9.17, 15) is 15.8 Å². The number of methoxy groups -OCH3 is 2. The first-order valence-electron chi connectivity index (χ1n) is 8.73. The molecule has 2 aliphatic rings. The van der Waals surface area contributed by atoms with Gasteiger partial charge in [0.2, 0.25) is 5.41 Å². The van der Waals surface area contributed by atoms with Crippen molar-refractivity contribution in [3.05, 3.63) is 46.7 Å². The normalized spacial score (nSPS) is 23.1. The Labute approximate surface area is 158 Å². The second kappa shape index (κ2) is 7.06. The molecule has 2 N–H and O–H groups in total. The van der Waals surface area contributed by atoms with Gasteiger partial charge in [-0.15, -0.1) is 0 Å². The molecule has 1 aromatic carbocycles. The summed E-state index contributed by atoms with van der Waals surface area (Å²) in [5, 5.41) is 29.5. The minimum atomic E-state index is -1.58. The van der Waals surface area contributed by atoms with Crippen LogP contribution in [0.4, 0.5) is 0 Å². The zero-order chi connectivity index (χ0) is 19.6. The van der Waals surface area contributed by atoms with E-state index in [0.717, 1.165) is 24.8 Å². The molecule has 0 bridgehead atoms. The minimum absolute atomic E-state index is 0.0225. The smallest absolute Gasteiger partial charge is 0.204 e. The summed E-state index contributed by atoms with van der Waals surface area (Å²) in [5.74, 6) is 0.545. The van der Waals surface area contributed by atoms with E-state index in [4.69, 9.17) is 15.2 Å². The summed E-state index contributed by atoms with van der Waals surface area (Å²) in [6.07, 6.45) is 4.41. The number of nitrogens with zero attached hydrogens (tertiary/aromatic N) is 3. The highest BCUT2D eigenvalue weighted by Gasteiger charge is 2.52. The maximum absolute atomic E-state index is 9.90. The molecular formula is C21H20N4O2. The van der Waals surface area contributed by atoms with Crippen LogP contribution >= 0.6 is 0 Å². The van der Waals surface area contributed by atoms with E-state index >= 15 is 0 Å². The summed E-state index contributed by atoms with van der Waals surface area (Å²) in [6.45, 7) is 0. The van der Waals surface area contributed by atoms with Crippen LogP contribution in [0.25, 0.3) is 0 Å². The van der Waals surface area contributed by atoms with Crippen LogP contribution in [0.15, 0.2) is 41.1 Å². The minimum Gasteiger partial charge on any atom is -0.493 e. The van der Waals surface area contributed by atoms with Gasteiger partial charge in [0.15, 0.2) is 11.5 Å². The summed E-state index contributed by atoms with van der Waals surface area (Å²) >= 11 is 0.